The summed E-state index contributed by atoms with van der Waals surface area (Å²) in [5, 5.41) is 15.6. The third-order valence-electron chi connectivity index (χ3n) is 4.86. The third kappa shape index (κ3) is 7.11. The average Bonchev–Trinajstić information content (AvgIpc) is 3.09. The van der Waals surface area contributed by atoms with Crippen LogP contribution in [-0.4, -0.2) is 40.8 Å². The number of hydrogen-bond donors (Lipinski definition) is 2. The molecule has 1 fully saturated rings. The number of ether oxygens (including phenoxy) is 1. The summed E-state index contributed by atoms with van der Waals surface area (Å²) in [5.41, 5.74) is 0. The van der Waals surface area contributed by atoms with Crippen molar-refractivity contribution in [3.05, 3.63) is 11.7 Å². The summed E-state index contributed by atoms with van der Waals surface area (Å²) >= 11 is 0. The summed E-state index contributed by atoms with van der Waals surface area (Å²) in [7, 11) is 1.44. The fourth-order valence-corrected chi connectivity index (χ4v) is 3.52. The van der Waals surface area contributed by atoms with Gasteiger partial charge in [0.15, 0.2) is 5.82 Å². The fourth-order valence-electron chi connectivity index (χ4n) is 3.52. The van der Waals surface area contributed by atoms with Crippen molar-refractivity contribution >= 4 is 11.9 Å². The smallest absolute Gasteiger partial charge is 0.304 e. The zero-order chi connectivity index (χ0) is 18.8. The van der Waals surface area contributed by atoms with Crippen molar-refractivity contribution in [1.82, 2.24) is 15.5 Å². The van der Waals surface area contributed by atoms with E-state index < -0.39 is 5.97 Å². The molecule has 1 aromatic heterocycles. The molecular weight excluding hydrogens is 338 g/mol. The van der Waals surface area contributed by atoms with Crippen LogP contribution in [0.1, 0.15) is 75.4 Å². The molecule has 2 rings (SSSR count). The Labute approximate surface area is 153 Å². The summed E-state index contributed by atoms with van der Waals surface area (Å²) in [6, 6.07) is 0. The van der Waals surface area contributed by atoms with Gasteiger partial charge in [-0.2, -0.15) is 4.98 Å². The third-order valence-corrected chi connectivity index (χ3v) is 4.86. The lowest BCUT2D eigenvalue weighted by molar-refractivity contribution is -0.137. The lowest BCUT2D eigenvalue weighted by Gasteiger charge is -2.21. The second-order valence-corrected chi connectivity index (χ2v) is 6.99. The minimum atomic E-state index is -0.874. The summed E-state index contributed by atoms with van der Waals surface area (Å²) in [6.45, 7) is 0.0983. The number of nitrogens with zero attached hydrogens (tertiary/aromatic N) is 2. The van der Waals surface area contributed by atoms with Gasteiger partial charge in [0.2, 0.25) is 11.8 Å². The first-order chi connectivity index (χ1) is 12.6. The highest BCUT2D eigenvalue weighted by Crippen LogP contribution is 2.31. The summed E-state index contributed by atoms with van der Waals surface area (Å²) in [5.74, 6) is 0.0175. The summed E-state index contributed by atoms with van der Waals surface area (Å²) < 4.78 is 9.99. The number of carboxylic acid groups (broad SMARTS) is 1. The number of aromatic nitrogens is 2. The molecule has 1 aromatic rings. The minimum Gasteiger partial charge on any atom is -0.481 e. The van der Waals surface area contributed by atoms with Crippen molar-refractivity contribution in [2.75, 3.05) is 13.7 Å². The van der Waals surface area contributed by atoms with Crippen molar-refractivity contribution < 1.29 is 24.0 Å². The van der Waals surface area contributed by atoms with Crippen molar-refractivity contribution in [3.63, 3.8) is 0 Å². The first-order valence-electron chi connectivity index (χ1n) is 9.38. The molecule has 1 saturated carbocycles. The van der Waals surface area contributed by atoms with Gasteiger partial charge in [0.1, 0.15) is 6.61 Å². The number of amides is 1. The van der Waals surface area contributed by atoms with E-state index in [0.29, 0.717) is 11.7 Å². The zero-order valence-electron chi connectivity index (χ0n) is 15.4. The molecule has 1 unspecified atom stereocenters. The first-order valence-corrected chi connectivity index (χ1v) is 9.38. The van der Waals surface area contributed by atoms with E-state index in [0.717, 1.165) is 25.2 Å². The van der Waals surface area contributed by atoms with E-state index in [9.17, 15) is 14.7 Å². The van der Waals surface area contributed by atoms with Gasteiger partial charge in [-0.15, -0.1) is 0 Å². The molecule has 1 atom stereocenters. The molecule has 1 amide bonds. The van der Waals surface area contributed by atoms with E-state index in [2.05, 4.69) is 15.5 Å². The van der Waals surface area contributed by atoms with Crippen LogP contribution < -0.4 is 5.32 Å². The summed E-state index contributed by atoms with van der Waals surface area (Å²) in [4.78, 5) is 26.8. The molecule has 8 nitrogen and oxygen atoms in total. The van der Waals surface area contributed by atoms with Gasteiger partial charge in [0.25, 0.3) is 0 Å². The number of carbonyl (C=O) groups excluding carboxylic acids is 1. The predicted octanol–water partition coefficient (Wildman–Crippen LogP) is 2.64. The monoisotopic (exact) mass is 367 g/mol. The Hall–Kier alpha value is -1.96. The summed E-state index contributed by atoms with van der Waals surface area (Å²) in [6.07, 6.45) is 9.32. The molecule has 0 radical (unpaired) electrons. The van der Waals surface area contributed by atoms with Gasteiger partial charge in [0, 0.05) is 13.0 Å². The maximum Gasteiger partial charge on any atom is 0.304 e. The maximum atomic E-state index is 11.4. The lowest BCUT2D eigenvalue weighted by atomic mass is 9.84. The number of nitrogens with one attached hydrogen (secondary N) is 1. The van der Waals surface area contributed by atoms with Crippen LogP contribution in [0.2, 0.25) is 0 Å². The minimum absolute atomic E-state index is 0.0255. The highest BCUT2D eigenvalue weighted by atomic mass is 16.5. The Balaban J connectivity index is 1.85. The van der Waals surface area contributed by atoms with Crippen LogP contribution in [0.5, 0.6) is 0 Å². The largest absolute Gasteiger partial charge is 0.481 e. The topological polar surface area (TPSA) is 115 Å². The second-order valence-electron chi connectivity index (χ2n) is 6.99. The Bertz CT molecular complexity index is 569. The van der Waals surface area contributed by atoms with Crippen molar-refractivity contribution in [3.8, 4) is 0 Å². The van der Waals surface area contributed by atoms with Crippen LogP contribution in [0.25, 0.3) is 0 Å². The van der Waals surface area contributed by atoms with Crippen molar-refractivity contribution in [2.45, 2.75) is 70.3 Å². The number of rotatable bonds is 11. The first kappa shape index (κ1) is 20.4. The molecule has 2 N–H and O–H groups in total. The van der Waals surface area contributed by atoms with Crippen molar-refractivity contribution in [2.24, 2.45) is 5.92 Å². The normalized spacial score (nSPS) is 16.3. The number of aliphatic carboxylic acids is 1. The molecule has 0 bridgehead atoms. The van der Waals surface area contributed by atoms with Gasteiger partial charge in [-0.3, -0.25) is 9.59 Å². The Morgan fingerprint density at radius 1 is 1.35 bits per heavy atom. The van der Waals surface area contributed by atoms with E-state index >= 15 is 0 Å². The molecule has 1 aliphatic carbocycles. The zero-order valence-corrected chi connectivity index (χ0v) is 15.4. The van der Waals surface area contributed by atoms with Crippen LogP contribution in [0.3, 0.4) is 0 Å². The van der Waals surface area contributed by atoms with Crippen LogP contribution >= 0.6 is 0 Å². The van der Waals surface area contributed by atoms with E-state index in [1.807, 2.05) is 0 Å². The van der Waals surface area contributed by atoms with E-state index in [1.165, 1.54) is 39.2 Å². The second kappa shape index (κ2) is 10.9. The van der Waals surface area contributed by atoms with Gasteiger partial charge in [-0.1, -0.05) is 50.1 Å². The average molecular weight is 367 g/mol. The highest BCUT2D eigenvalue weighted by molar-refractivity contribution is 5.77. The molecule has 8 heteroatoms. The van der Waals surface area contributed by atoms with Crippen molar-refractivity contribution in [1.29, 1.82) is 0 Å². The van der Waals surface area contributed by atoms with Gasteiger partial charge < -0.3 is 19.7 Å². The molecule has 1 heterocycles. The van der Waals surface area contributed by atoms with Gasteiger partial charge in [-0.25, -0.2) is 0 Å². The molecule has 26 heavy (non-hydrogen) atoms. The molecule has 0 aliphatic heterocycles. The molecule has 0 saturated heterocycles. The number of hydrogen-bond acceptors (Lipinski definition) is 6. The number of carboxylic acids is 1. The van der Waals surface area contributed by atoms with Crippen LogP contribution in [0, 0.1) is 5.92 Å². The standard InChI is InChI=1S/C18H29N3O5/c1-25-12-16(22)19-11-15-20-18(26-21-15)14(10-17(23)24)9-5-8-13-6-3-2-4-7-13/h13-14H,2-12H2,1H3,(H,19,22)(H,23,24). The fraction of sp³-hybridized carbons (Fsp3) is 0.778. The van der Waals surface area contributed by atoms with Gasteiger partial charge in [0.05, 0.1) is 13.0 Å². The Kier molecular flexibility index (Phi) is 8.53. The van der Waals surface area contributed by atoms with Crippen LogP contribution in [0.15, 0.2) is 4.52 Å². The van der Waals surface area contributed by atoms with Gasteiger partial charge >= 0.3 is 5.97 Å². The maximum absolute atomic E-state index is 11.4. The molecule has 1 aliphatic rings. The van der Waals surface area contributed by atoms with Gasteiger partial charge in [-0.05, 0) is 12.3 Å². The number of carbonyl (C=O) groups is 2. The van der Waals surface area contributed by atoms with E-state index in [-0.39, 0.29) is 31.4 Å². The molecule has 146 valence electrons. The quantitative estimate of drug-likeness (QED) is 0.618. The van der Waals surface area contributed by atoms with E-state index in [1.54, 1.807) is 0 Å². The molecule has 0 aromatic carbocycles. The van der Waals surface area contributed by atoms with E-state index in [4.69, 9.17) is 9.26 Å². The predicted molar refractivity (Wildman–Crippen MR) is 93.4 cm³/mol. The highest BCUT2D eigenvalue weighted by Gasteiger charge is 2.23. The SMILES string of the molecule is COCC(=O)NCc1noc(C(CCCC2CCCCC2)CC(=O)O)n1. The lowest BCUT2D eigenvalue weighted by Crippen LogP contribution is -2.27. The Morgan fingerprint density at radius 3 is 2.81 bits per heavy atom. The van der Waals surface area contributed by atoms with Crippen LogP contribution in [0.4, 0.5) is 0 Å². The Morgan fingerprint density at radius 2 is 2.12 bits per heavy atom. The van der Waals surface area contributed by atoms with Crippen LogP contribution in [-0.2, 0) is 20.9 Å². The molecular formula is C18H29N3O5. The number of methoxy groups -OCH3 is 1. The molecule has 0 spiro atoms.